The summed E-state index contributed by atoms with van der Waals surface area (Å²) in [5.41, 5.74) is 6.92. The molecule has 2 rings (SSSR count). The number of hydrogen-bond donors (Lipinski definition) is 2. The van der Waals surface area contributed by atoms with E-state index in [2.05, 4.69) is 36.1 Å². The van der Waals surface area contributed by atoms with Crippen molar-refractivity contribution in [3.05, 3.63) is 11.4 Å². The Morgan fingerprint density at radius 2 is 1.80 bits per heavy atom. The van der Waals surface area contributed by atoms with Crippen LogP contribution in [0.15, 0.2) is 0 Å². The Labute approximate surface area is 122 Å². The molecule has 0 aliphatic heterocycles. The molecule has 1 aliphatic rings. The lowest BCUT2D eigenvalue weighted by Crippen LogP contribution is -2.22. The Hall–Kier alpha value is -1.32. The summed E-state index contributed by atoms with van der Waals surface area (Å²) >= 11 is 0. The van der Waals surface area contributed by atoms with Crippen molar-refractivity contribution in [1.82, 2.24) is 9.97 Å². The van der Waals surface area contributed by atoms with Gasteiger partial charge in [-0.2, -0.15) is 0 Å². The van der Waals surface area contributed by atoms with E-state index in [1.807, 2.05) is 6.92 Å². The quantitative estimate of drug-likeness (QED) is 0.884. The van der Waals surface area contributed by atoms with Gasteiger partial charge in [0.15, 0.2) is 0 Å². The largest absolute Gasteiger partial charge is 0.383 e. The van der Waals surface area contributed by atoms with Crippen LogP contribution in [0.4, 0.5) is 11.6 Å². The van der Waals surface area contributed by atoms with Crippen molar-refractivity contribution < 1.29 is 0 Å². The zero-order valence-corrected chi connectivity index (χ0v) is 13.3. The number of nitrogens with one attached hydrogen (secondary N) is 1. The van der Waals surface area contributed by atoms with Gasteiger partial charge < -0.3 is 11.1 Å². The van der Waals surface area contributed by atoms with Crippen LogP contribution in [0.2, 0.25) is 0 Å². The van der Waals surface area contributed by atoms with Crippen LogP contribution in [-0.2, 0) is 5.41 Å². The fourth-order valence-corrected chi connectivity index (χ4v) is 2.67. The number of hydrogen-bond acceptors (Lipinski definition) is 4. The number of nitrogens with two attached hydrogens (primary N) is 1. The lowest BCUT2D eigenvalue weighted by Gasteiger charge is -2.24. The van der Waals surface area contributed by atoms with Crippen LogP contribution in [0.3, 0.4) is 0 Å². The highest BCUT2D eigenvalue weighted by Gasteiger charge is 2.21. The number of rotatable bonds is 3. The summed E-state index contributed by atoms with van der Waals surface area (Å²) in [7, 11) is 0. The molecule has 1 aromatic rings. The summed E-state index contributed by atoms with van der Waals surface area (Å²) in [6.07, 6.45) is 6.79. The van der Waals surface area contributed by atoms with Crippen molar-refractivity contribution in [2.24, 2.45) is 5.92 Å². The second-order valence-electron chi connectivity index (χ2n) is 7.04. The normalized spacial score (nSPS) is 17.2. The van der Waals surface area contributed by atoms with E-state index in [9.17, 15) is 0 Å². The predicted octanol–water partition coefficient (Wildman–Crippen LogP) is 3.66. The Kier molecular flexibility index (Phi) is 4.51. The molecular formula is C16H28N4. The Bertz CT molecular complexity index is 456. The molecule has 1 saturated carbocycles. The van der Waals surface area contributed by atoms with Crippen LogP contribution < -0.4 is 11.1 Å². The lowest BCUT2D eigenvalue weighted by molar-refractivity contribution is 0.373. The van der Waals surface area contributed by atoms with Gasteiger partial charge in [0.05, 0.1) is 0 Å². The summed E-state index contributed by atoms with van der Waals surface area (Å²) in [6, 6.07) is 0. The maximum Gasteiger partial charge on any atom is 0.138 e. The van der Waals surface area contributed by atoms with Crippen LogP contribution >= 0.6 is 0 Å². The standard InChI is InChI=1S/C16H28N4/c1-11-13(17)19-15(16(2,3)4)20-14(11)18-10-12-8-6-5-7-9-12/h12H,5-10H2,1-4H3,(H3,17,18,19,20). The van der Waals surface area contributed by atoms with Crippen molar-refractivity contribution in [3.8, 4) is 0 Å². The van der Waals surface area contributed by atoms with Crippen LogP contribution in [-0.4, -0.2) is 16.5 Å². The highest BCUT2D eigenvalue weighted by Crippen LogP contribution is 2.27. The number of nitrogen functional groups attached to an aromatic ring is 1. The first-order valence-corrected chi connectivity index (χ1v) is 7.76. The van der Waals surface area contributed by atoms with Crippen LogP contribution in [0.5, 0.6) is 0 Å². The molecule has 0 atom stereocenters. The third-order valence-corrected chi connectivity index (χ3v) is 4.14. The van der Waals surface area contributed by atoms with E-state index in [1.165, 1.54) is 32.1 Å². The van der Waals surface area contributed by atoms with Gasteiger partial charge in [-0.05, 0) is 25.7 Å². The Morgan fingerprint density at radius 3 is 2.40 bits per heavy atom. The molecule has 1 heterocycles. The van der Waals surface area contributed by atoms with Crippen molar-refractivity contribution in [1.29, 1.82) is 0 Å². The molecule has 1 fully saturated rings. The molecule has 0 spiro atoms. The van der Waals surface area contributed by atoms with Gasteiger partial charge >= 0.3 is 0 Å². The first kappa shape index (κ1) is 15.1. The van der Waals surface area contributed by atoms with Crippen molar-refractivity contribution in [2.45, 2.75) is 65.2 Å². The maximum absolute atomic E-state index is 6.04. The van der Waals surface area contributed by atoms with Crippen molar-refractivity contribution in [3.63, 3.8) is 0 Å². The Balaban J connectivity index is 2.11. The fraction of sp³-hybridized carbons (Fsp3) is 0.750. The van der Waals surface area contributed by atoms with E-state index < -0.39 is 0 Å². The first-order chi connectivity index (χ1) is 9.38. The van der Waals surface area contributed by atoms with Gasteiger partial charge in [0.1, 0.15) is 17.5 Å². The van der Waals surface area contributed by atoms with E-state index in [0.717, 1.165) is 29.7 Å². The summed E-state index contributed by atoms with van der Waals surface area (Å²) in [6.45, 7) is 9.33. The van der Waals surface area contributed by atoms with Crippen LogP contribution in [0, 0.1) is 12.8 Å². The molecule has 112 valence electrons. The molecule has 1 aliphatic carbocycles. The molecule has 4 heteroatoms. The van der Waals surface area contributed by atoms with E-state index in [-0.39, 0.29) is 5.41 Å². The zero-order valence-electron chi connectivity index (χ0n) is 13.3. The van der Waals surface area contributed by atoms with Crippen molar-refractivity contribution in [2.75, 3.05) is 17.6 Å². The summed E-state index contributed by atoms with van der Waals surface area (Å²) in [4.78, 5) is 9.11. The van der Waals surface area contributed by atoms with Gasteiger partial charge in [0.2, 0.25) is 0 Å². The number of nitrogens with zero attached hydrogens (tertiary/aromatic N) is 2. The number of anilines is 2. The Morgan fingerprint density at radius 1 is 1.15 bits per heavy atom. The van der Waals surface area contributed by atoms with E-state index in [1.54, 1.807) is 0 Å². The van der Waals surface area contributed by atoms with Gasteiger partial charge in [-0.1, -0.05) is 40.0 Å². The summed E-state index contributed by atoms with van der Waals surface area (Å²) in [5.74, 6) is 3.09. The average Bonchev–Trinajstić information content (AvgIpc) is 2.40. The molecule has 0 aromatic carbocycles. The highest BCUT2D eigenvalue weighted by molar-refractivity contribution is 5.55. The molecule has 1 aromatic heterocycles. The van der Waals surface area contributed by atoms with E-state index in [0.29, 0.717) is 5.82 Å². The van der Waals surface area contributed by atoms with Crippen LogP contribution in [0.25, 0.3) is 0 Å². The zero-order chi connectivity index (χ0) is 14.8. The monoisotopic (exact) mass is 276 g/mol. The third-order valence-electron chi connectivity index (χ3n) is 4.14. The maximum atomic E-state index is 6.04. The minimum atomic E-state index is -0.0803. The molecule has 3 N–H and O–H groups in total. The molecule has 4 nitrogen and oxygen atoms in total. The van der Waals surface area contributed by atoms with Gasteiger partial charge in [0.25, 0.3) is 0 Å². The summed E-state index contributed by atoms with van der Waals surface area (Å²) in [5, 5.41) is 3.50. The lowest BCUT2D eigenvalue weighted by atomic mass is 9.89. The molecular weight excluding hydrogens is 248 g/mol. The first-order valence-electron chi connectivity index (χ1n) is 7.76. The van der Waals surface area contributed by atoms with Gasteiger partial charge in [-0.25, -0.2) is 9.97 Å². The predicted molar refractivity (Wildman–Crippen MR) is 84.9 cm³/mol. The summed E-state index contributed by atoms with van der Waals surface area (Å²) < 4.78 is 0. The topological polar surface area (TPSA) is 63.8 Å². The minimum absolute atomic E-state index is 0.0803. The van der Waals surface area contributed by atoms with Crippen LogP contribution in [0.1, 0.15) is 64.3 Å². The second-order valence-corrected chi connectivity index (χ2v) is 7.04. The SMILES string of the molecule is Cc1c(N)nc(C(C)(C)C)nc1NCC1CCCCC1. The second kappa shape index (κ2) is 5.98. The fourth-order valence-electron chi connectivity index (χ4n) is 2.67. The molecule has 0 saturated heterocycles. The van der Waals surface area contributed by atoms with Gasteiger partial charge in [0, 0.05) is 17.5 Å². The minimum Gasteiger partial charge on any atom is -0.383 e. The molecule has 0 bridgehead atoms. The number of aromatic nitrogens is 2. The average molecular weight is 276 g/mol. The molecule has 20 heavy (non-hydrogen) atoms. The molecule has 0 amide bonds. The smallest absolute Gasteiger partial charge is 0.138 e. The van der Waals surface area contributed by atoms with Crippen molar-refractivity contribution >= 4 is 11.6 Å². The third kappa shape index (κ3) is 3.62. The highest BCUT2D eigenvalue weighted by atomic mass is 15.1. The molecule has 0 radical (unpaired) electrons. The van der Waals surface area contributed by atoms with E-state index in [4.69, 9.17) is 5.73 Å². The molecule has 0 unspecified atom stereocenters. The van der Waals surface area contributed by atoms with E-state index >= 15 is 0 Å². The van der Waals surface area contributed by atoms with Gasteiger partial charge in [-0.15, -0.1) is 0 Å². The van der Waals surface area contributed by atoms with Gasteiger partial charge in [-0.3, -0.25) is 0 Å².